The Morgan fingerprint density at radius 2 is 0.914 bits per heavy atom. The SMILES string of the molecule is CC1CN(c2ncccc2C(=O)NS(=O)(=O)c2cccc(NC3CCCC3)n2)C(C)(C)C1.CCOc1ccc(F)cc1-c1ccc(C(=O)NS(=O)(=O)c2ccc[nH]c2=O)c(N2C[C@@H](C)CC2(C)C)n1.C[C@@H]1CN(c2nc(-c3ccc4c(c3)CC=C4)ccc2C(=O)NS(=O)(=O)c2cccnc2N)C(C)(C)C1.Cc1cc(-c2ccc(C(=O)NS(=O)(=O)c3cccnc3N)c(N3C[C@@H](C)CC3(C)C)n2)ccc1F. The van der Waals surface area contributed by atoms with Crippen LogP contribution in [-0.2, 0) is 46.5 Å². The van der Waals surface area contributed by atoms with Gasteiger partial charge in [-0.3, -0.25) is 24.0 Å². The summed E-state index contributed by atoms with van der Waals surface area (Å²) in [4.78, 5) is 105. The molecule has 2 aliphatic carbocycles. The van der Waals surface area contributed by atoms with Gasteiger partial charge in [0, 0.05) is 95.9 Å². The monoisotopic (exact) mass is 1990 g/mol. The highest BCUT2D eigenvalue weighted by atomic mass is 32.2. The number of rotatable bonds is 23. The Morgan fingerprint density at radius 1 is 0.479 bits per heavy atom. The molecule has 0 spiro atoms. The third-order valence-electron chi connectivity index (χ3n) is 25.6. The zero-order chi connectivity index (χ0) is 101. The standard InChI is InChI=1S/C27H29N5O3S.C26H29FN4O5S.C25H28FN5O3S.C23H31N5O3S/c1-17-15-27(2,3)32(16-17)25-21(26(33)31-36(34,35)23-8-5-13-29-24(23)28)11-12-22(30-25)20-10-9-18-6-4-7-19(18)14-20;1-5-36-21-11-8-17(27)13-19(21)20-10-9-18(23(29-20)31-15-16(2)14-26(31,3)4)24(32)30-37(34,35)22-7-6-12-28-25(22)33;1-15-13-25(3,4)31(14-15)23-18(8-10-20(29-23)17-7-9-19(26)16(2)12-17)24(32)30-35(33,34)21-6-5-11-28-22(21)27;1-16-14-23(2,3)28(15-16)21-18(10-7-13-24-21)22(29)27-32(30,31)20-12-6-11-19(26-20)25-17-8-4-5-9-17/h4-6,8-14,17H,7,15-16H2,1-3H3,(H2,28,29)(H,31,33);6-13,16H,5,14-15H2,1-4H3,(H,28,33)(H,30,32);5-12,15H,13-14H2,1-4H3,(H2,27,28)(H,30,32);6-7,10-13,16-17H,4-5,8-9,14-15H2,1-3H3,(H,25,26)(H,27,29)/t17-;16-;15-;/m000./s1. The van der Waals surface area contributed by atoms with Gasteiger partial charge >= 0.3 is 0 Å². The first kappa shape index (κ1) is 102. The number of allylic oxidation sites excluding steroid dienone is 1. The minimum Gasteiger partial charge on any atom is -0.493 e. The Kier molecular flexibility index (Phi) is 30.0. The number of aromatic nitrogens is 8. The Balaban J connectivity index is 0.000000149. The number of hydrogen-bond acceptors (Lipinski definition) is 28. The molecule has 3 aromatic carbocycles. The van der Waals surface area contributed by atoms with Gasteiger partial charge in [-0.05, 0) is 294 Å². The molecule has 1 saturated carbocycles. The van der Waals surface area contributed by atoms with Crippen molar-refractivity contribution in [3.05, 3.63) is 250 Å². The lowest BCUT2D eigenvalue weighted by Gasteiger charge is -2.34. The van der Waals surface area contributed by atoms with Crippen LogP contribution in [0.4, 0.5) is 49.5 Å². The van der Waals surface area contributed by atoms with Crippen molar-refractivity contribution in [2.24, 2.45) is 23.7 Å². The minimum absolute atomic E-state index is 0.0104. The molecule has 0 radical (unpaired) electrons. The zero-order valence-electron chi connectivity index (χ0n) is 80.4. The van der Waals surface area contributed by atoms with Crippen molar-refractivity contribution in [2.45, 2.75) is 203 Å². The fraction of sp³-hybridized carbons (Fsp3) is 0.366. The first-order chi connectivity index (χ1) is 66.0. The van der Waals surface area contributed by atoms with Gasteiger partial charge in [0.05, 0.1) is 45.9 Å². The van der Waals surface area contributed by atoms with E-state index in [-0.39, 0.29) is 88.4 Å². The van der Waals surface area contributed by atoms with Gasteiger partial charge in [-0.25, -0.2) is 87.8 Å². The quantitative estimate of drug-likeness (QED) is 0.0295. The van der Waals surface area contributed by atoms with Crippen molar-refractivity contribution < 1.29 is 66.4 Å². The first-order valence-corrected chi connectivity index (χ1v) is 52.1. The van der Waals surface area contributed by atoms with Crippen LogP contribution in [0.2, 0.25) is 0 Å². The van der Waals surface area contributed by atoms with Crippen LogP contribution in [0.25, 0.3) is 39.8 Å². The van der Waals surface area contributed by atoms with Crippen LogP contribution >= 0.6 is 0 Å². The van der Waals surface area contributed by atoms with E-state index in [1.54, 1.807) is 73.8 Å². The van der Waals surface area contributed by atoms with E-state index in [0.717, 1.165) is 81.7 Å². The van der Waals surface area contributed by atoms with Gasteiger partial charge in [0.1, 0.15) is 67.9 Å². The van der Waals surface area contributed by atoms with Crippen LogP contribution < -0.4 is 65.6 Å². The summed E-state index contributed by atoms with van der Waals surface area (Å²) < 4.78 is 145. The number of carbonyl (C=O) groups is 4. The van der Waals surface area contributed by atoms with E-state index in [4.69, 9.17) is 31.2 Å². The van der Waals surface area contributed by atoms with Crippen LogP contribution in [0.5, 0.6) is 5.75 Å². The van der Waals surface area contributed by atoms with Gasteiger partial charge in [0.25, 0.3) is 69.3 Å². The lowest BCUT2D eigenvalue weighted by molar-refractivity contribution is 0.0972. The Labute approximate surface area is 815 Å². The van der Waals surface area contributed by atoms with Crippen molar-refractivity contribution >= 4 is 111 Å². The number of nitrogens with zero attached hydrogens (tertiary/aromatic N) is 11. The second-order valence-corrected chi connectivity index (χ2v) is 45.5. The fourth-order valence-electron chi connectivity index (χ4n) is 19.5. The van der Waals surface area contributed by atoms with Crippen LogP contribution in [0.1, 0.15) is 199 Å². The molecule has 140 heavy (non-hydrogen) atoms. The molecule has 738 valence electrons. The summed E-state index contributed by atoms with van der Waals surface area (Å²) in [5.41, 5.74) is 16.6. The second-order valence-electron chi connectivity index (χ2n) is 38.9. The fourth-order valence-corrected chi connectivity index (χ4v) is 23.6. The Hall–Kier alpha value is -13.7. The van der Waals surface area contributed by atoms with Gasteiger partial charge in [-0.2, -0.15) is 8.42 Å². The van der Waals surface area contributed by atoms with Crippen molar-refractivity contribution in [1.29, 1.82) is 0 Å². The molecule has 1 unspecified atom stereocenters. The van der Waals surface area contributed by atoms with Crippen molar-refractivity contribution in [3.63, 3.8) is 0 Å². The summed E-state index contributed by atoms with van der Waals surface area (Å²) in [6, 6.07) is 40.8. The largest absolute Gasteiger partial charge is 0.493 e. The number of aryl methyl sites for hydroxylation is 1. The normalized spacial score (nSPS) is 18.3. The summed E-state index contributed by atoms with van der Waals surface area (Å²) in [7, 11) is -17.1. The molecule has 11 aromatic rings. The number of anilines is 7. The Morgan fingerprint density at radius 3 is 1.39 bits per heavy atom. The number of pyridine rings is 8. The average Bonchev–Trinajstić information content (AvgIpc) is 1.60. The van der Waals surface area contributed by atoms with Crippen LogP contribution in [-0.4, -0.2) is 158 Å². The van der Waals surface area contributed by atoms with E-state index >= 15 is 0 Å². The van der Waals surface area contributed by atoms with Crippen molar-refractivity contribution in [2.75, 3.05) is 69.2 Å². The molecule has 6 aliphatic rings. The number of hydrogen-bond donors (Lipinski definition) is 8. The van der Waals surface area contributed by atoms with Crippen molar-refractivity contribution in [1.82, 2.24) is 58.8 Å². The van der Waals surface area contributed by atoms with E-state index in [0.29, 0.717) is 107 Å². The Bertz CT molecular complexity index is 7190. The lowest BCUT2D eigenvalue weighted by Crippen LogP contribution is -2.41. The van der Waals surface area contributed by atoms with Gasteiger partial charge in [-0.1, -0.05) is 70.9 Å². The number of aromatic amines is 1. The number of H-pyrrole nitrogens is 1. The predicted molar refractivity (Wildman–Crippen MR) is 536 cm³/mol. The minimum atomic E-state index is -4.46. The number of benzene rings is 3. The number of fused-ring (bicyclic) bond motifs is 1. The summed E-state index contributed by atoms with van der Waals surface area (Å²) in [6.45, 7) is 31.6. The molecule has 4 amide bonds. The number of sulfonamides is 4. The molecular formula is C101H117F2N19O14S4. The van der Waals surface area contributed by atoms with E-state index in [1.165, 1.54) is 103 Å². The summed E-state index contributed by atoms with van der Waals surface area (Å²) in [5.74, 6) is -0.407. The van der Waals surface area contributed by atoms with E-state index in [1.807, 2.05) is 41.4 Å². The third kappa shape index (κ3) is 23.1. The second kappa shape index (κ2) is 41.0. The predicted octanol–water partition coefficient (Wildman–Crippen LogP) is 15.2. The topological polar surface area (TPSA) is 462 Å². The molecular weight excluding hydrogens is 1870 g/mol. The highest BCUT2D eigenvalue weighted by Crippen LogP contribution is 2.45. The summed E-state index contributed by atoms with van der Waals surface area (Å²) in [6.07, 6.45) is 18.8. The first-order valence-electron chi connectivity index (χ1n) is 46.2. The zero-order valence-corrected chi connectivity index (χ0v) is 83.7. The highest BCUT2D eigenvalue weighted by Gasteiger charge is 2.45. The number of nitrogens with two attached hydrogens (primary N) is 2. The number of ether oxygens (including phenoxy) is 1. The molecule has 5 fully saturated rings. The van der Waals surface area contributed by atoms with Gasteiger partial charge in [0.15, 0.2) is 9.92 Å². The maximum absolute atomic E-state index is 14.2. The van der Waals surface area contributed by atoms with Crippen molar-refractivity contribution in [3.8, 4) is 39.5 Å². The van der Waals surface area contributed by atoms with Gasteiger partial charge in [-0.15, -0.1) is 0 Å². The third-order valence-corrected chi connectivity index (χ3v) is 31.0. The molecule has 10 N–H and O–H groups in total. The molecule has 33 nitrogen and oxygen atoms in total. The molecule has 8 aromatic heterocycles. The molecule has 12 heterocycles. The van der Waals surface area contributed by atoms with E-state index < -0.39 is 80.0 Å². The highest BCUT2D eigenvalue weighted by molar-refractivity contribution is 7.91. The smallest absolute Gasteiger partial charge is 0.281 e. The molecule has 17 rings (SSSR count). The van der Waals surface area contributed by atoms with Crippen LogP contribution in [0.15, 0.2) is 213 Å². The average molecular weight is 1990 g/mol. The lowest BCUT2D eigenvalue weighted by atomic mass is 9.97. The molecule has 4 aliphatic heterocycles. The number of nitrogens with one attached hydrogen (secondary N) is 6. The maximum atomic E-state index is 14.2. The van der Waals surface area contributed by atoms with Gasteiger partial charge in [0.2, 0.25) is 0 Å². The van der Waals surface area contributed by atoms with Gasteiger partial charge < -0.3 is 46.1 Å². The van der Waals surface area contributed by atoms with Crippen LogP contribution in [0.3, 0.4) is 0 Å². The molecule has 4 saturated heterocycles. The van der Waals surface area contributed by atoms with Crippen LogP contribution in [0, 0.1) is 42.2 Å². The van der Waals surface area contributed by atoms with E-state index in [9.17, 15) is 66.4 Å². The molecule has 4 atom stereocenters. The molecule has 39 heteroatoms. The number of nitrogen functional groups attached to an aromatic ring is 2. The number of carbonyl (C=O) groups excluding carboxylic acids is 4. The summed E-state index contributed by atoms with van der Waals surface area (Å²) >= 11 is 0. The molecule has 0 bridgehead atoms. The summed E-state index contributed by atoms with van der Waals surface area (Å²) in [5, 5.41) is 3.11. The number of amides is 4. The number of halogens is 2. The maximum Gasteiger partial charge on any atom is 0.281 e. The van der Waals surface area contributed by atoms with E-state index in [2.05, 4.69) is 148 Å².